The van der Waals surface area contributed by atoms with Crippen LogP contribution in [0.4, 0.5) is 5.69 Å². The van der Waals surface area contributed by atoms with E-state index in [0.29, 0.717) is 33.1 Å². The molecule has 1 N–H and O–H groups in total. The molecule has 0 unspecified atom stereocenters. The van der Waals surface area contributed by atoms with Gasteiger partial charge in [0.1, 0.15) is 5.57 Å². The van der Waals surface area contributed by atoms with Gasteiger partial charge in [0, 0.05) is 0 Å². The van der Waals surface area contributed by atoms with E-state index in [-0.39, 0.29) is 10.7 Å². The van der Waals surface area contributed by atoms with Crippen molar-refractivity contribution in [2.45, 2.75) is 19.8 Å². The Balaban J connectivity index is 2.01. The molecule has 8 heteroatoms. The summed E-state index contributed by atoms with van der Waals surface area (Å²) in [6.45, 7) is 4.18. The Bertz CT molecular complexity index is 1050. The number of nitrogens with zero attached hydrogens (tertiary/aromatic N) is 1. The largest absolute Gasteiger partial charge is 0.493 e. The van der Waals surface area contributed by atoms with Gasteiger partial charge in [0.15, 0.2) is 16.6 Å². The van der Waals surface area contributed by atoms with Gasteiger partial charge in [-0.1, -0.05) is 26.0 Å². The van der Waals surface area contributed by atoms with Crippen LogP contribution in [0.3, 0.4) is 0 Å². The molecule has 156 valence electrons. The fourth-order valence-corrected chi connectivity index (χ4v) is 3.99. The van der Waals surface area contributed by atoms with E-state index >= 15 is 0 Å². The van der Waals surface area contributed by atoms with Crippen molar-refractivity contribution < 1.29 is 19.1 Å². The van der Waals surface area contributed by atoms with Crippen LogP contribution >= 0.6 is 28.1 Å². The second-order valence-electron chi connectivity index (χ2n) is 6.94. The predicted molar refractivity (Wildman–Crippen MR) is 124 cm³/mol. The number of carbonyl (C=O) groups excluding carboxylic acids is 2. The summed E-state index contributed by atoms with van der Waals surface area (Å²) in [5.41, 5.74) is 2.30. The summed E-state index contributed by atoms with van der Waals surface area (Å²) in [4.78, 5) is 27.0. The Labute approximate surface area is 189 Å². The van der Waals surface area contributed by atoms with Gasteiger partial charge in [0.2, 0.25) is 0 Å². The van der Waals surface area contributed by atoms with Gasteiger partial charge < -0.3 is 9.47 Å². The zero-order valence-corrected chi connectivity index (χ0v) is 19.4. The van der Waals surface area contributed by atoms with Gasteiger partial charge in [0.25, 0.3) is 11.8 Å². The van der Waals surface area contributed by atoms with Crippen molar-refractivity contribution in [2.24, 2.45) is 0 Å². The number of halogens is 1. The van der Waals surface area contributed by atoms with Crippen molar-refractivity contribution >= 4 is 56.8 Å². The summed E-state index contributed by atoms with van der Waals surface area (Å²) in [5, 5.41) is 2.64. The first-order valence-corrected chi connectivity index (χ1v) is 10.4. The Morgan fingerprint density at radius 3 is 2.33 bits per heavy atom. The van der Waals surface area contributed by atoms with Gasteiger partial charge in [-0.2, -0.15) is 0 Å². The van der Waals surface area contributed by atoms with Crippen LogP contribution in [0.1, 0.15) is 30.9 Å². The van der Waals surface area contributed by atoms with Crippen molar-refractivity contribution in [1.29, 1.82) is 0 Å². The van der Waals surface area contributed by atoms with Crippen LogP contribution in [0.5, 0.6) is 11.5 Å². The highest BCUT2D eigenvalue weighted by atomic mass is 79.9. The fourth-order valence-electron chi connectivity index (χ4n) is 3.09. The molecule has 6 nitrogen and oxygen atoms in total. The number of benzene rings is 2. The average molecular weight is 489 g/mol. The van der Waals surface area contributed by atoms with Crippen molar-refractivity contribution in [2.75, 3.05) is 19.1 Å². The SMILES string of the molecule is COc1cc(C=C2C(=O)NC(=S)N(c3ccc(C(C)C)cc3)C2=O)cc(Br)c1OC. The third kappa shape index (κ3) is 4.24. The summed E-state index contributed by atoms with van der Waals surface area (Å²) in [6.07, 6.45) is 1.50. The molecule has 1 aliphatic rings. The molecule has 0 saturated carbocycles. The van der Waals surface area contributed by atoms with Crippen molar-refractivity contribution in [3.63, 3.8) is 0 Å². The van der Waals surface area contributed by atoms with E-state index in [2.05, 4.69) is 35.1 Å². The molecule has 2 aromatic carbocycles. The number of methoxy groups -OCH3 is 2. The number of ether oxygens (including phenoxy) is 2. The lowest BCUT2D eigenvalue weighted by molar-refractivity contribution is -0.122. The molecule has 1 aliphatic heterocycles. The van der Waals surface area contributed by atoms with E-state index in [1.807, 2.05) is 24.3 Å². The summed E-state index contributed by atoms with van der Waals surface area (Å²) in [5.74, 6) is 0.311. The highest BCUT2D eigenvalue weighted by molar-refractivity contribution is 9.10. The maximum absolute atomic E-state index is 13.2. The molecule has 30 heavy (non-hydrogen) atoms. The molecule has 0 aromatic heterocycles. The second-order valence-corrected chi connectivity index (χ2v) is 8.18. The van der Waals surface area contributed by atoms with Crippen LogP contribution in [0.2, 0.25) is 0 Å². The lowest BCUT2D eigenvalue weighted by Crippen LogP contribution is -2.54. The normalized spacial score (nSPS) is 15.6. The van der Waals surface area contributed by atoms with Gasteiger partial charge in [0.05, 0.1) is 24.4 Å². The minimum absolute atomic E-state index is 0.0318. The minimum atomic E-state index is -0.550. The summed E-state index contributed by atoms with van der Waals surface area (Å²) in [6, 6.07) is 11.0. The average Bonchev–Trinajstić information content (AvgIpc) is 2.70. The molecule has 2 amide bonds. The smallest absolute Gasteiger partial charge is 0.270 e. The Morgan fingerprint density at radius 2 is 1.77 bits per heavy atom. The first-order chi connectivity index (χ1) is 14.3. The fraction of sp³-hybridized carbons (Fsp3) is 0.227. The first-order valence-electron chi connectivity index (χ1n) is 9.19. The Kier molecular flexibility index (Phi) is 6.58. The highest BCUT2D eigenvalue weighted by Gasteiger charge is 2.34. The number of nitrogens with one attached hydrogen (secondary N) is 1. The number of amides is 2. The van der Waals surface area contributed by atoms with Crippen LogP contribution in [0.15, 0.2) is 46.4 Å². The molecule has 3 rings (SSSR count). The number of anilines is 1. The van der Waals surface area contributed by atoms with Gasteiger partial charge in [-0.05, 0) is 75.5 Å². The molecule has 0 bridgehead atoms. The zero-order valence-electron chi connectivity index (χ0n) is 17.0. The molecule has 1 saturated heterocycles. The topological polar surface area (TPSA) is 67.9 Å². The number of thiocarbonyl (C=S) groups is 1. The highest BCUT2D eigenvalue weighted by Crippen LogP contribution is 2.37. The van der Waals surface area contributed by atoms with E-state index < -0.39 is 11.8 Å². The van der Waals surface area contributed by atoms with Crippen molar-refractivity contribution in [1.82, 2.24) is 5.32 Å². The molecule has 1 fully saturated rings. The molecule has 0 aliphatic carbocycles. The van der Waals surface area contributed by atoms with E-state index in [0.717, 1.165) is 5.56 Å². The third-order valence-corrected chi connectivity index (χ3v) is 5.56. The van der Waals surface area contributed by atoms with Crippen molar-refractivity contribution in [3.05, 3.63) is 57.6 Å². The standard InChI is InChI=1S/C22H21BrN2O4S/c1-12(2)14-5-7-15(8-6-14)25-21(27)16(20(26)24-22(25)30)9-13-10-17(23)19(29-4)18(11-13)28-3/h5-12H,1-4H3,(H,24,26,30). The summed E-state index contributed by atoms with van der Waals surface area (Å²) < 4.78 is 11.3. The minimum Gasteiger partial charge on any atom is -0.493 e. The van der Waals surface area contributed by atoms with Crippen LogP contribution in [-0.4, -0.2) is 31.1 Å². The van der Waals surface area contributed by atoms with Gasteiger partial charge >= 0.3 is 0 Å². The monoisotopic (exact) mass is 488 g/mol. The summed E-state index contributed by atoms with van der Waals surface area (Å²) >= 11 is 8.68. The number of hydrogen-bond acceptors (Lipinski definition) is 5. The van der Waals surface area contributed by atoms with Gasteiger partial charge in [-0.25, -0.2) is 0 Å². The number of rotatable bonds is 5. The van der Waals surface area contributed by atoms with E-state index in [4.69, 9.17) is 21.7 Å². The zero-order chi connectivity index (χ0) is 22.0. The molecular formula is C22H21BrN2O4S. The van der Waals surface area contributed by atoms with E-state index in [9.17, 15) is 9.59 Å². The summed E-state index contributed by atoms with van der Waals surface area (Å²) in [7, 11) is 3.04. The third-order valence-electron chi connectivity index (χ3n) is 4.69. The van der Waals surface area contributed by atoms with Crippen LogP contribution in [0, 0.1) is 0 Å². The quantitative estimate of drug-likeness (QED) is 0.383. The second kappa shape index (κ2) is 8.97. The van der Waals surface area contributed by atoms with Crippen LogP contribution in [-0.2, 0) is 9.59 Å². The van der Waals surface area contributed by atoms with Gasteiger partial charge in [-0.15, -0.1) is 0 Å². The maximum atomic E-state index is 13.2. The Hall–Kier alpha value is -2.71. The maximum Gasteiger partial charge on any atom is 0.270 e. The molecule has 0 spiro atoms. The number of hydrogen-bond donors (Lipinski definition) is 1. The van der Waals surface area contributed by atoms with E-state index in [1.165, 1.54) is 25.2 Å². The van der Waals surface area contributed by atoms with E-state index in [1.54, 1.807) is 12.1 Å². The molecular weight excluding hydrogens is 468 g/mol. The molecule has 0 radical (unpaired) electrons. The lowest BCUT2D eigenvalue weighted by atomic mass is 10.0. The van der Waals surface area contributed by atoms with Gasteiger partial charge in [-0.3, -0.25) is 19.8 Å². The van der Waals surface area contributed by atoms with Crippen LogP contribution in [0.25, 0.3) is 6.08 Å². The van der Waals surface area contributed by atoms with Crippen LogP contribution < -0.4 is 19.7 Å². The molecule has 1 heterocycles. The lowest BCUT2D eigenvalue weighted by Gasteiger charge is -2.29. The number of carbonyl (C=O) groups is 2. The Morgan fingerprint density at radius 1 is 1.10 bits per heavy atom. The molecule has 2 aromatic rings. The first kappa shape index (κ1) is 22.0. The predicted octanol–water partition coefficient (Wildman–Crippen LogP) is 4.42. The van der Waals surface area contributed by atoms with Crippen molar-refractivity contribution in [3.8, 4) is 11.5 Å². The molecule has 0 atom stereocenters.